The van der Waals surface area contributed by atoms with Crippen LogP contribution in [0, 0.1) is 11.3 Å². The lowest BCUT2D eigenvalue weighted by molar-refractivity contribution is -0.153. The number of amides is 3. The van der Waals surface area contributed by atoms with Crippen molar-refractivity contribution in [2.45, 2.75) is 59.9 Å². The first-order chi connectivity index (χ1) is 13.6. The molecule has 0 fully saturated rings. The van der Waals surface area contributed by atoms with Gasteiger partial charge in [0.1, 0.15) is 6.04 Å². The standard InChI is InChI=1S/C21H30N4O4/c1-14(2)10-9-13-16(26)25(28)20(27)22-17(21(3,4)5)19-23-18(24-29-19)15-11-7-6-8-12-15/h6-8,11-12,14,17,28H,9-10,13H2,1-5H3,(H,22,27). The molecule has 3 amide bonds. The first-order valence-electron chi connectivity index (χ1n) is 9.81. The van der Waals surface area contributed by atoms with Gasteiger partial charge in [0.25, 0.3) is 5.91 Å². The predicted octanol–water partition coefficient (Wildman–Crippen LogP) is 4.58. The first kappa shape index (κ1) is 22.5. The fourth-order valence-corrected chi connectivity index (χ4v) is 2.77. The Bertz CT molecular complexity index is 812. The van der Waals surface area contributed by atoms with Crippen LogP contribution in [-0.2, 0) is 4.79 Å². The second kappa shape index (κ2) is 9.65. The SMILES string of the molecule is CC(C)CCCC(=O)N(O)C(=O)NC(c1nc(-c2ccccc2)no1)C(C)(C)C. The Morgan fingerprint density at radius 3 is 2.45 bits per heavy atom. The summed E-state index contributed by atoms with van der Waals surface area (Å²) >= 11 is 0. The topological polar surface area (TPSA) is 109 Å². The number of nitrogens with zero attached hydrogens (tertiary/aromatic N) is 3. The zero-order chi connectivity index (χ0) is 21.6. The molecular formula is C21H30N4O4. The van der Waals surface area contributed by atoms with Crippen LogP contribution >= 0.6 is 0 Å². The molecular weight excluding hydrogens is 372 g/mol. The number of rotatable bonds is 7. The molecule has 0 aliphatic carbocycles. The van der Waals surface area contributed by atoms with Crippen LogP contribution in [0.15, 0.2) is 34.9 Å². The van der Waals surface area contributed by atoms with Crippen molar-refractivity contribution in [1.82, 2.24) is 20.5 Å². The maximum absolute atomic E-state index is 12.4. The van der Waals surface area contributed by atoms with Gasteiger partial charge in [-0.15, -0.1) is 5.06 Å². The molecule has 29 heavy (non-hydrogen) atoms. The van der Waals surface area contributed by atoms with E-state index in [4.69, 9.17) is 4.52 Å². The molecule has 8 nitrogen and oxygen atoms in total. The fourth-order valence-electron chi connectivity index (χ4n) is 2.77. The van der Waals surface area contributed by atoms with Gasteiger partial charge in [-0.3, -0.25) is 10.0 Å². The molecule has 1 heterocycles. The van der Waals surface area contributed by atoms with Gasteiger partial charge in [0.05, 0.1) is 0 Å². The number of benzene rings is 1. The van der Waals surface area contributed by atoms with Gasteiger partial charge < -0.3 is 9.84 Å². The lowest BCUT2D eigenvalue weighted by Gasteiger charge is -2.29. The third kappa shape index (κ3) is 6.39. The fraction of sp³-hybridized carbons (Fsp3) is 0.524. The summed E-state index contributed by atoms with van der Waals surface area (Å²) in [4.78, 5) is 28.9. The highest BCUT2D eigenvalue weighted by Gasteiger charge is 2.35. The highest BCUT2D eigenvalue weighted by Crippen LogP contribution is 2.33. The van der Waals surface area contributed by atoms with Crippen molar-refractivity contribution in [2.75, 3.05) is 0 Å². The Morgan fingerprint density at radius 1 is 1.21 bits per heavy atom. The van der Waals surface area contributed by atoms with Crippen LogP contribution in [-0.4, -0.2) is 32.3 Å². The molecule has 8 heteroatoms. The molecule has 0 saturated heterocycles. The maximum atomic E-state index is 12.4. The zero-order valence-electron chi connectivity index (χ0n) is 17.7. The van der Waals surface area contributed by atoms with Gasteiger partial charge in [0, 0.05) is 12.0 Å². The second-order valence-corrected chi connectivity index (χ2v) is 8.56. The summed E-state index contributed by atoms with van der Waals surface area (Å²) in [5.74, 6) is 0.400. The number of hydroxylamine groups is 2. The summed E-state index contributed by atoms with van der Waals surface area (Å²) in [5, 5.41) is 16.8. The van der Waals surface area contributed by atoms with Crippen molar-refractivity contribution < 1.29 is 19.3 Å². The molecule has 2 N–H and O–H groups in total. The minimum Gasteiger partial charge on any atom is -0.337 e. The molecule has 158 valence electrons. The molecule has 1 atom stereocenters. The lowest BCUT2D eigenvalue weighted by Crippen LogP contribution is -2.46. The minimum absolute atomic E-state index is 0.0982. The molecule has 0 saturated carbocycles. The van der Waals surface area contributed by atoms with Gasteiger partial charge >= 0.3 is 6.03 Å². The van der Waals surface area contributed by atoms with Gasteiger partial charge in [0.2, 0.25) is 11.7 Å². The van der Waals surface area contributed by atoms with Crippen molar-refractivity contribution in [3.8, 4) is 11.4 Å². The molecule has 1 unspecified atom stereocenters. The molecule has 0 aliphatic heterocycles. The van der Waals surface area contributed by atoms with E-state index in [1.54, 1.807) is 0 Å². The van der Waals surface area contributed by atoms with Gasteiger partial charge in [-0.1, -0.05) is 76.5 Å². The number of imide groups is 1. The molecule has 2 aromatic rings. The van der Waals surface area contributed by atoms with Crippen molar-refractivity contribution in [3.63, 3.8) is 0 Å². The third-order valence-electron chi connectivity index (χ3n) is 4.46. The minimum atomic E-state index is -0.918. The van der Waals surface area contributed by atoms with E-state index in [9.17, 15) is 14.8 Å². The molecule has 1 aromatic heterocycles. The van der Waals surface area contributed by atoms with Crippen LogP contribution in [0.4, 0.5) is 4.79 Å². The van der Waals surface area contributed by atoms with Crippen LogP contribution in [0.25, 0.3) is 11.4 Å². The Kier molecular flexibility index (Phi) is 7.50. The normalized spacial score (nSPS) is 12.7. The van der Waals surface area contributed by atoms with Gasteiger partial charge in [0.15, 0.2) is 0 Å². The number of aromatic nitrogens is 2. The molecule has 0 aliphatic rings. The molecule has 0 radical (unpaired) electrons. The van der Waals surface area contributed by atoms with Crippen LogP contribution < -0.4 is 5.32 Å². The van der Waals surface area contributed by atoms with E-state index in [0.717, 1.165) is 12.0 Å². The highest BCUT2D eigenvalue weighted by molar-refractivity contribution is 5.92. The average Bonchev–Trinajstić information content (AvgIpc) is 3.14. The third-order valence-corrected chi connectivity index (χ3v) is 4.46. The smallest absolute Gasteiger partial charge is 0.337 e. The summed E-state index contributed by atoms with van der Waals surface area (Å²) in [6, 6.07) is 7.70. The van der Waals surface area contributed by atoms with Crippen molar-refractivity contribution in [3.05, 3.63) is 36.2 Å². The number of carbonyl (C=O) groups excluding carboxylic acids is 2. The Labute approximate surface area is 171 Å². The van der Waals surface area contributed by atoms with E-state index >= 15 is 0 Å². The van der Waals surface area contributed by atoms with Crippen LogP contribution in [0.5, 0.6) is 0 Å². The average molecular weight is 402 g/mol. The predicted molar refractivity (Wildman–Crippen MR) is 108 cm³/mol. The molecule has 0 spiro atoms. The summed E-state index contributed by atoms with van der Waals surface area (Å²) in [5.41, 5.74) is 0.281. The van der Waals surface area contributed by atoms with E-state index in [2.05, 4.69) is 29.3 Å². The Hall–Kier alpha value is -2.74. The molecule has 1 aromatic carbocycles. The monoisotopic (exact) mass is 402 g/mol. The molecule has 2 rings (SSSR count). The van der Waals surface area contributed by atoms with Crippen molar-refractivity contribution in [2.24, 2.45) is 11.3 Å². The first-order valence-corrected chi connectivity index (χ1v) is 9.81. The largest absolute Gasteiger partial charge is 0.349 e. The summed E-state index contributed by atoms with van der Waals surface area (Å²) in [6.07, 6.45) is 1.55. The second-order valence-electron chi connectivity index (χ2n) is 8.56. The highest BCUT2D eigenvalue weighted by atomic mass is 16.5. The van der Waals surface area contributed by atoms with E-state index in [-0.39, 0.29) is 17.4 Å². The number of urea groups is 1. The lowest BCUT2D eigenvalue weighted by atomic mass is 9.86. The van der Waals surface area contributed by atoms with E-state index in [0.29, 0.717) is 18.2 Å². The molecule has 0 bridgehead atoms. The van der Waals surface area contributed by atoms with Crippen LogP contribution in [0.1, 0.15) is 65.8 Å². The number of hydrogen-bond acceptors (Lipinski definition) is 6. The van der Waals surface area contributed by atoms with E-state index < -0.39 is 23.4 Å². The van der Waals surface area contributed by atoms with Gasteiger partial charge in [-0.2, -0.15) is 4.98 Å². The Morgan fingerprint density at radius 2 is 1.86 bits per heavy atom. The summed E-state index contributed by atoms with van der Waals surface area (Å²) in [6.45, 7) is 9.76. The Balaban J connectivity index is 2.10. The van der Waals surface area contributed by atoms with Crippen molar-refractivity contribution >= 4 is 11.9 Å². The van der Waals surface area contributed by atoms with Crippen LogP contribution in [0.2, 0.25) is 0 Å². The number of hydrogen-bond donors (Lipinski definition) is 2. The maximum Gasteiger partial charge on any atom is 0.349 e. The van der Waals surface area contributed by atoms with E-state index in [1.165, 1.54) is 0 Å². The van der Waals surface area contributed by atoms with Crippen LogP contribution in [0.3, 0.4) is 0 Å². The van der Waals surface area contributed by atoms with E-state index in [1.807, 2.05) is 51.1 Å². The quantitative estimate of drug-likeness (QED) is 0.518. The van der Waals surface area contributed by atoms with Gasteiger partial charge in [-0.05, 0) is 17.8 Å². The summed E-state index contributed by atoms with van der Waals surface area (Å²) < 4.78 is 5.38. The van der Waals surface area contributed by atoms with Crippen molar-refractivity contribution in [1.29, 1.82) is 0 Å². The number of carbonyl (C=O) groups is 2. The van der Waals surface area contributed by atoms with Gasteiger partial charge in [-0.25, -0.2) is 4.79 Å². The zero-order valence-corrected chi connectivity index (χ0v) is 17.7. The summed E-state index contributed by atoms with van der Waals surface area (Å²) in [7, 11) is 0. The number of nitrogens with one attached hydrogen (secondary N) is 1.